The molecule has 106 valence electrons. The van der Waals surface area contributed by atoms with Gasteiger partial charge in [0.2, 0.25) is 0 Å². The topological polar surface area (TPSA) is 27.7 Å². The Morgan fingerprint density at radius 3 is 2.78 bits per heavy atom. The molecule has 4 nitrogen and oxygen atoms in total. The number of nitrogens with one attached hydrogen (secondary N) is 1. The van der Waals surface area contributed by atoms with Crippen molar-refractivity contribution in [2.24, 2.45) is 5.92 Å². The third-order valence-electron chi connectivity index (χ3n) is 3.88. The maximum atomic E-state index is 5.65. The van der Waals surface area contributed by atoms with Crippen molar-refractivity contribution < 1.29 is 4.74 Å². The monoisotopic (exact) mass is 255 g/mol. The fourth-order valence-electron chi connectivity index (χ4n) is 2.45. The first-order valence-corrected chi connectivity index (χ1v) is 7.42. The van der Waals surface area contributed by atoms with Gasteiger partial charge in [-0.05, 0) is 52.4 Å². The van der Waals surface area contributed by atoms with Gasteiger partial charge >= 0.3 is 0 Å². The number of ether oxygens (including phenoxy) is 1. The molecular formula is C14H29N3O. The summed E-state index contributed by atoms with van der Waals surface area (Å²) in [5, 5.41) is 3.64. The average Bonchev–Trinajstić information content (AvgIpc) is 3.06. The zero-order valence-corrected chi connectivity index (χ0v) is 12.0. The van der Waals surface area contributed by atoms with Gasteiger partial charge in [-0.3, -0.25) is 0 Å². The van der Waals surface area contributed by atoms with E-state index in [0.717, 1.165) is 38.3 Å². The molecule has 0 bridgehead atoms. The van der Waals surface area contributed by atoms with Crippen molar-refractivity contribution in [2.75, 3.05) is 60.0 Å². The predicted octanol–water partition coefficient (Wildman–Crippen LogP) is 0.639. The van der Waals surface area contributed by atoms with E-state index in [2.05, 4.69) is 29.2 Å². The lowest BCUT2D eigenvalue weighted by atomic mass is 10.1. The largest absolute Gasteiger partial charge is 0.379 e. The van der Waals surface area contributed by atoms with Gasteiger partial charge in [0.1, 0.15) is 0 Å². The summed E-state index contributed by atoms with van der Waals surface area (Å²) in [5.74, 6) is 0.868. The molecule has 2 fully saturated rings. The number of hydrogen-bond donors (Lipinski definition) is 1. The number of hydrogen-bond acceptors (Lipinski definition) is 4. The Morgan fingerprint density at radius 1 is 1.22 bits per heavy atom. The summed E-state index contributed by atoms with van der Waals surface area (Å²) in [5.41, 5.74) is 0. The first-order chi connectivity index (χ1) is 8.74. The Labute approximate surface area is 112 Å². The number of nitrogens with zero attached hydrogens (tertiary/aromatic N) is 2. The summed E-state index contributed by atoms with van der Waals surface area (Å²) in [7, 11) is 4.17. The highest BCUT2D eigenvalue weighted by Crippen LogP contribution is 2.21. The Hall–Kier alpha value is -0.160. The first kappa shape index (κ1) is 14.3. The van der Waals surface area contributed by atoms with E-state index in [4.69, 9.17) is 4.74 Å². The van der Waals surface area contributed by atoms with E-state index in [1.54, 1.807) is 0 Å². The maximum absolute atomic E-state index is 5.65. The van der Waals surface area contributed by atoms with Gasteiger partial charge in [-0.2, -0.15) is 0 Å². The van der Waals surface area contributed by atoms with E-state index >= 15 is 0 Å². The fourth-order valence-corrected chi connectivity index (χ4v) is 2.45. The summed E-state index contributed by atoms with van der Waals surface area (Å²) in [6, 6.07) is 0.855. The maximum Gasteiger partial charge on any atom is 0.0594 e. The van der Waals surface area contributed by atoms with Crippen molar-refractivity contribution in [3.05, 3.63) is 0 Å². The van der Waals surface area contributed by atoms with E-state index in [0.29, 0.717) is 0 Å². The smallest absolute Gasteiger partial charge is 0.0594 e. The molecular weight excluding hydrogens is 226 g/mol. The molecule has 1 heterocycles. The Kier molecular flexibility index (Phi) is 5.89. The van der Waals surface area contributed by atoms with E-state index in [1.807, 2.05) is 0 Å². The van der Waals surface area contributed by atoms with Gasteiger partial charge < -0.3 is 19.9 Å². The minimum absolute atomic E-state index is 0.855. The lowest BCUT2D eigenvalue weighted by Gasteiger charge is -2.17. The second-order valence-corrected chi connectivity index (χ2v) is 6.05. The highest BCUT2D eigenvalue weighted by atomic mass is 16.5. The highest BCUT2D eigenvalue weighted by molar-refractivity contribution is 4.84. The summed E-state index contributed by atoms with van der Waals surface area (Å²) in [6.07, 6.45) is 4.16. The summed E-state index contributed by atoms with van der Waals surface area (Å²) in [6.45, 7) is 7.61. The SMILES string of the molecule is CN(C)CCOCCN1CCC(CNC2CC2)C1. The van der Waals surface area contributed by atoms with Crippen LogP contribution in [0.25, 0.3) is 0 Å². The van der Waals surface area contributed by atoms with Crippen LogP contribution in [0.15, 0.2) is 0 Å². The Morgan fingerprint density at radius 2 is 2.06 bits per heavy atom. The predicted molar refractivity (Wildman–Crippen MR) is 74.9 cm³/mol. The van der Waals surface area contributed by atoms with Crippen LogP contribution in [0.5, 0.6) is 0 Å². The normalized spacial score (nSPS) is 25.2. The first-order valence-electron chi connectivity index (χ1n) is 7.42. The minimum Gasteiger partial charge on any atom is -0.379 e. The molecule has 1 N–H and O–H groups in total. The number of likely N-dealkylation sites (N-methyl/N-ethyl adjacent to an activating group) is 1. The lowest BCUT2D eigenvalue weighted by Crippen LogP contribution is -2.29. The molecule has 0 spiro atoms. The van der Waals surface area contributed by atoms with Crippen LogP contribution in [0, 0.1) is 5.92 Å². The van der Waals surface area contributed by atoms with Crippen LogP contribution in [0.4, 0.5) is 0 Å². The molecule has 4 heteroatoms. The van der Waals surface area contributed by atoms with Crippen LogP contribution < -0.4 is 5.32 Å². The zero-order chi connectivity index (χ0) is 12.8. The molecule has 0 amide bonds. The molecule has 0 radical (unpaired) electrons. The van der Waals surface area contributed by atoms with Crippen molar-refractivity contribution in [1.29, 1.82) is 0 Å². The number of likely N-dealkylation sites (tertiary alicyclic amines) is 1. The van der Waals surface area contributed by atoms with Gasteiger partial charge in [0.05, 0.1) is 13.2 Å². The minimum atomic E-state index is 0.855. The van der Waals surface area contributed by atoms with Crippen molar-refractivity contribution in [1.82, 2.24) is 15.1 Å². The van der Waals surface area contributed by atoms with Crippen LogP contribution in [0.1, 0.15) is 19.3 Å². The van der Waals surface area contributed by atoms with Crippen LogP contribution in [-0.2, 0) is 4.74 Å². The number of rotatable bonds is 9. The molecule has 0 aromatic carbocycles. The third kappa shape index (κ3) is 5.65. The van der Waals surface area contributed by atoms with Crippen LogP contribution in [0.2, 0.25) is 0 Å². The molecule has 1 unspecified atom stereocenters. The quantitative estimate of drug-likeness (QED) is 0.612. The van der Waals surface area contributed by atoms with Crippen molar-refractivity contribution in [3.63, 3.8) is 0 Å². The van der Waals surface area contributed by atoms with Crippen LogP contribution in [-0.4, -0.2) is 75.9 Å². The molecule has 1 saturated carbocycles. The molecule has 18 heavy (non-hydrogen) atoms. The van der Waals surface area contributed by atoms with Gasteiger partial charge in [-0.15, -0.1) is 0 Å². The summed E-state index contributed by atoms with van der Waals surface area (Å²) < 4.78 is 5.65. The average molecular weight is 255 g/mol. The molecule has 0 aromatic rings. The van der Waals surface area contributed by atoms with Gasteiger partial charge in [-0.1, -0.05) is 0 Å². The molecule has 1 aliphatic carbocycles. The summed E-state index contributed by atoms with van der Waals surface area (Å²) >= 11 is 0. The van der Waals surface area contributed by atoms with Crippen molar-refractivity contribution >= 4 is 0 Å². The second-order valence-electron chi connectivity index (χ2n) is 6.05. The molecule has 2 aliphatic rings. The van der Waals surface area contributed by atoms with Gasteiger partial charge in [0.15, 0.2) is 0 Å². The molecule has 1 saturated heterocycles. The van der Waals surface area contributed by atoms with E-state index in [1.165, 1.54) is 38.9 Å². The Balaban J connectivity index is 1.44. The highest BCUT2D eigenvalue weighted by Gasteiger charge is 2.25. The standard InChI is InChI=1S/C14H29N3O/c1-16(2)7-9-18-10-8-17-6-5-13(12-17)11-15-14-3-4-14/h13-15H,3-12H2,1-2H3. The molecule has 0 aromatic heterocycles. The van der Waals surface area contributed by atoms with Gasteiger partial charge in [-0.25, -0.2) is 0 Å². The van der Waals surface area contributed by atoms with E-state index < -0.39 is 0 Å². The fraction of sp³-hybridized carbons (Fsp3) is 1.00. The lowest BCUT2D eigenvalue weighted by molar-refractivity contribution is 0.0975. The zero-order valence-electron chi connectivity index (χ0n) is 12.0. The molecule has 1 aliphatic heterocycles. The van der Waals surface area contributed by atoms with E-state index in [-0.39, 0.29) is 0 Å². The Bertz CT molecular complexity index is 231. The molecule has 1 atom stereocenters. The summed E-state index contributed by atoms with van der Waals surface area (Å²) in [4.78, 5) is 4.71. The van der Waals surface area contributed by atoms with Gasteiger partial charge in [0.25, 0.3) is 0 Å². The van der Waals surface area contributed by atoms with E-state index in [9.17, 15) is 0 Å². The molecule has 2 rings (SSSR count). The second kappa shape index (κ2) is 7.43. The van der Waals surface area contributed by atoms with Crippen molar-refractivity contribution in [3.8, 4) is 0 Å². The van der Waals surface area contributed by atoms with Gasteiger partial charge in [0, 0.05) is 25.7 Å². The van der Waals surface area contributed by atoms with Crippen LogP contribution >= 0.6 is 0 Å². The third-order valence-corrected chi connectivity index (χ3v) is 3.88. The van der Waals surface area contributed by atoms with Crippen molar-refractivity contribution in [2.45, 2.75) is 25.3 Å². The van der Waals surface area contributed by atoms with Crippen LogP contribution in [0.3, 0.4) is 0 Å².